The second-order valence-corrected chi connectivity index (χ2v) is 6.29. The number of halogens is 1. The number of carbonyl (C=O) groups is 1. The van der Waals surface area contributed by atoms with E-state index in [9.17, 15) is 4.79 Å². The minimum absolute atomic E-state index is 0.0220. The van der Waals surface area contributed by atoms with E-state index in [2.05, 4.69) is 19.9 Å². The molecule has 0 saturated heterocycles. The van der Waals surface area contributed by atoms with E-state index in [0.29, 0.717) is 16.5 Å². The fraction of sp³-hybridized carbons (Fsp3) is 0.438. The third-order valence-electron chi connectivity index (χ3n) is 3.69. The van der Waals surface area contributed by atoms with Crippen molar-refractivity contribution in [1.29, 1.82) is 0 Å². The summed E-state index contributed by atoms with van der Waals surface area (Å²) in [5, 5.41) is 3.37. The Kier molecular flexibility index (Phi) is 4.52. The standard InChI is InChI=1S/C16H19ClN4O2/c1-10(2)23-16-13(17)7-11(8-19-16)15(22)20-12-3-4-14-18-5-6-21(14)9-12/h5-8,10,12H,3-4,9H2,1-2H3,(H,20,22). The fourth-order valence-electron chi connectivity index (χ4n) is 2.61. The minimum atomic E-state index is -0.177. The first kappa shape index (κ1) is 15.8. The number of fused-ring (bicyclic) bond motifs is 1. The lowest BCUT2D eigenvalue weighted by Gasteiger charge is -2.24. The van der Waals surface area contributed by atoms with E-state index in [0.717, 1.165) is 25.2 Å². The molecule has 0 spiro atoms. The van der Waals surface area contributed by atoms with E-state index in [-0.39, 0.29) is 18.1 Å². The smallest absolute Gasteiger partial charge is 0.253 e. The zero-order valence-electron chi connectivity index (χ0n) is 13.1. The number of ether oxygens (including phenoxy) is 1. The van der Waals surface area contributed by atoms with Crippen molar-refractivity contribution in [3.63, 3.8) is 0 Å². The molecule has 1 unspecified atom stereocenters. The zero-order valence-corrected chi connectivity index (χ0v) is 13.9. The molecule has 2 aromatic rings. The normalized spacial score (nSPS) is 17.0. The van der Waals surface area contributed by atoms with Gasteiger partial charge in [0.15, 0.2) is 0 Å². The third-order valence-corrected chi connectivity index (χ3v) is 3.96. The number of nitrogens with one attached hydrogen (secondary N) is 1. The van der Waals surface area contributed by atoms with Gasteiger partial charge >= 0.3 is 0 Å². The molecule has 0 aromatic carbocycles. The van der Waals surface area contributed by atoms with Crippen molar-refractivity contribution < 1.29 is 9.53 Å². The molecule has 1 aliphatic rings. The second-order valence-electron chi connectivity index (χ2n) is 5.88. The van der Waals surface area contributed by atoms with Crippen molar-refractivity contribution >= 4 is 17.5 Å². The van der Waals surface area contributed by atoms with Crippen molar-refractivity contribution in [2.45, 2.75) is 45.4 Å². The monoisotopic (exact) mass is 334 g/mol. The van der Waals surface area contributed by atoms with Crippen LogP contribution in [0.5, 0.6) is 5.88 Å². The Morgan fingerprint density at radius 2 is 2.30 bits per heavy atom. The van der Waals surface area contributed by atoms with Gasteiger partial charge in [0.2, 0.25) is 5.88 Å². The summed E-state index contributed by atoms with van der Waals surface area (Å²) in [4.78, 5) is 20.8. The summed E-state index contributed by atoms with van der Waals surface area (Å²) in [6.45, 7) is 4.52. The van der Waals surface area contributed by atoms with Gasteiger partial charge in [0, 0.05) is 37.6 Å². The number of imidazole rings is 1. The average molecular weight is 335 g/mol. The Morgan fingerprint density at radius 3 is 3.04 bits per heavy atom. The molecule has 7 heteroatoms. The lowest BCUT2D eigenvalue weighted by molar-refractivity contribution is 0.0927. The van der Waals surface area contributed by atoms with Crippen molar-refractivity contribution in [2.24, 2.45) is 0 Å². The predicted octanol–water partition coefficient (Wildman–Crippen LogP) is 2.46. The number of nitrogens with zero attached hydrogens (tertiary/aromatic N) is 3. The molecular formula is C16H19ClN4O2. The third kappa shape index (κ3) is 3.64. The maximum absolute atomic E-state index is 12.4. The molecule has 1 atom stereocenters. The van der Waals surface area contributed by atoms with E-state index in [1.807, 2.05) is 20.0 Å². The van der Waals surface area contributed by atoms with E-state index >= 15 is 0 Å². The van der Waals surface area contributed by atoms with Gasteiger partial charge in [-0.15, -0.1) is 0 Å². The summed E-state index contributed by atoms with van der Waals surface area (Å²) in [7, 11) is 0. The number of amides is 1. The molecule has 1 aliphatic heterocycles. The van der Waals surface area contributed by atoms with E-state index < -0.39 is 0 Å². The van der Waals surface area contributed by atoms with Crippen LogP contribution in [0.4, 0.5) is 0 Å². The van der Waals surface area contributed by atoms with Gasteiger partial charge in [0.1, 0.15) is 10.8 Å². The Hall–Kier alpha value is -2.08. The Labute approximate surface area is 139 Å². The molecule has 1 amide bonds. The lowest BCUT2D eigenvalue weighted by atomic mass is 10.1. The van der Waals surface area contributed by atoms with Gasteiger partial charge in [-0.25, -0.2) is 9.97 Å². The van der Waals surface area contributed by atoms with Crippen LogP contribution in [-0.4, -0.2) is 32.6 Å². The van der Waals surface area contributed by atoms with Gasteiger partial charge in [-0.1, -0.05) is 11.6 Å². The van der Waals surface area contributed by atoms with Crippen molar-refractivity contribution in [1.82, 2.24) is 19.9 Å². The molecule has 0 radical (unpaired) electrons. The van der Waals surface area contributed by atoms with Crippen LogP contribution in [0, 0.1) is 0 Å². The maximum atomic E-state index is 12.4. The maximum Gasteiger partial charge on any atom is 0.253 e. The SMILES string of the molecule is CC(C)Oc1ncc(C(=O)NC2CCc3nccn3C2)cc1Cl. The van der Waals surface area contributed by atoms with Crippen LogP contribution in [0.1, 0.15) is 36.5 Å². The highest BCUT2D eigenvalue weighted by molar-refractivity contribution is 6.32. The van der Waals surface area contributed by atoms with Gasteiger partial charge in [-0.3, -0.25) is 4.79 Å². The molecule has 6 nitrogen and oxygen atoms in total. The molecule has 3 rings (SSSR count). The molecule has 2 aromatic heterocycles. The van der Waals surface area contributed by atoms with Crippen molar-refractivity contribution in [3.8, 4) is 5.88 Å². The van der Waals surface area contributed by atoms with Gasteiger partial charge in [0.25, 0.3) is 5.91 Å². The highest BCUT2D eigenvalue weighted by Crippen LogP contribution is 2.23. The van der Waals surface area contributed by atoms with Crippen LogP contribution in [0.2, 0.25) is 5.02 Å². The first-order valence-electron chi connectivity index (χ1n) is 7.66. The number of pyridine rings is 1. The number of carbonyl (C=O) groups excluding carboxylic acids is 1. The lowest BCUT2D eigenvalue weighted by Crippen LogP contribution is -2.40. The van der Waals surface area contributed by atoms with Crippen LogP contribution < -0.4 is 10.1 Å². The average Bonchev–Trinajstić information content (AvgIpc) is 2.96. The number of aryl methyl sites for hydroxylation is 1. The Balaban J connectivity index is 1.66. The highest BCUT2D eigenvalue weighted by atomic mass is 35.5. The van der Waals surface area contributed by atoms with Crippen LogP contribution in [0.3, 0.4) is 0 Å². The molecular weight excluding hydrogens is 316 g/mol. The number of hydrogen-bond acceptors (Lipinski definition) is 4. The molecule has 0 bridgehead atoms. The first-order chi connectivity index (χ1) is 11.0. The van der Waals surface area contributed by atoms with E-state index in [1.165, 1.54) is 6.20 Å². The quantitative estimate of drug-likeness (QED) is 0.932. The van der Waals surface area contributed by atoms with Crippen LogP contribution >= 0.6 is 11.6 Å². The topological polar surface area (TPSA) is 69.0 Å². The van der Waals surface area contributed by atoms with Crippen LogP contribution in [0.25, 0.3) is 0 Å². The largest absolute Gasteiger partial charge is 0.474 e. The Morgan fingerprint density at radius 1 is 1.48 bits per heavy atom. The van der Waals surface area contributed by atoms with Gasteiger partial charge < -0.3 is 14.6 Å². The molecule has 122 valence electrons. The molecule has 23 heavy (non-hydrogen) atoms. The zero-order chi connectivity index (χ0) is 16.4. The highest BCUT2D eigenvalue weighted by Gasteiger charge is 2.21. The molecule has 3 heterocycles. The van der Waals surface area contributed by atoms with Crippen molar-refractivity contribution in [3.05, 3.63) is 41.1 Å². The van der Waals surface area contributed by atoms with Crippen LogP contribution in [-0.2, 0) is 13.0 Å². The molecule has 1 N–H and O–H groups in total. The first-order valence-corrected chi connectivity index (χ1v) is 8.04. The second kappa shape index (κ2) is 6.58. The summed E-state index contributed by atoms with van der Waals surface area (Å²) in [5.41, 5.74) is 0.433. The Bertz CT molecular complexity index is 714. The summed E-state index contributed by atoms with van der Waals surface area (Å²) in [6.07, 6.45) is 6.92. The summed E-state index contributed by atoms with van der Waals surface area (Å²) >= 11 is 6.13. The summed E-state index contributed by atoms with van der Waals surface area (Å²) in [6, 6.07) is 1.67. The predicted molar refractivity (Wildman–Crippen MR) is 86.8 cm³/mol. The molecule has 0 saturated carbocycles. The van der Waals surface area contributed by atoms with E-state index in [1.54, 1.807) is 12.3 Å². The fourth-order valence-corrected chi connectivity index (χ4v) is 2.82. The number of rotatable bonds is 4. The molecule has 0 aliphatic carbocycles. The van der Waals surface area contributed by atoms with Gasteiger partial charge in [-0.05, 0) is 26.3 Å². The summed E-state index contributed by atoms with van der Waals surface area (Å²) < 4.78 is 7.54. The summed E-state index contributed by atoms with van der Waals surface area (Å²) in [5.74, 6) is 1.23. The van der Waals surface area contributed by atoms with Gasteiger partial charge in [-0.2, -0.15) is 0 Å². The van der Waals surface area contributed by atoms with Crippen molar-refractivity contribution in [2.75, 3.05) is 0 Å². The minimum Gasteiger partial charge on any atom is -0.474 e. The van der Waals surface area contributed by atoms with Gasteiger partial charge in [0.05, 0.1) is 11.7 Å². The molecule has 0 fully saturated rings. The number of hydrogen-bond donors (Lipinski definition) is 1. The van der Waals surface area contributed by atoms with E-state index in [4.69, 9.17) is 16.3 Å². The number of aromatic nitrogens is 3. The van der Waals surface area contributed by atoms with Crippen LogP contribution in [0.15, 0.2) is 24.7 Å².